The fourth-order valence-electron chi connectivity index (χ4n) is 2.15. The van der Waals surface area contributed by atoms with Crippen LogP contribution >= 0.6 is 0 Å². The van der Waals surface area contributed by atoms with Gasteiger partial charge in [-0.15, -0.1) is 0 Å². The Hall–Kier alpha value is -1.96. The lowest BCUT2D eigenvalue weighted by Gasteiger charge is -2.13. The van der Waals surface area contributed by atoms with Crippen LogP contribution in [0.2, 0.25) is 0 Å². The van der Waals surface area contributed by atoms with Crippen molar-refractivity contribution in [1.82, 2.24) is 0 Å². The van der Waals surface area contributed by atoms with E-state index in [2.05, 4.69) is 57.3 Å². The molecule has 0 amide bonds. The van der Waals surface area contributed by atoms with E-state index < -0.39 is 0 Å². The van der Waals surface area contributed by atoms with Crippen LogP contribution in [0, 0.1) is 27.7 Å². The van der Waals surface area contributed by atoms with E-state index in [1.807, 2.05) is 6.07 Å². The molecule has 0 saturated heterocycles. The fraction of sp³-hybridized carbons (Fsp3) is 0.250. The van der Waals surface area contributed by atoms with Crippen molar-refractivity contribution in [1.29, 1.82) is 0 Å². The van der Waals surface area contributed by atoms with Gasteiger partial charge in [-0.05, 0) is 74.2 Å². The van der Waals surface area contributed by atoms with E-state index in [1.54, 1.807) is 0 Å². The van der Waals surface area contributed by atoms with Crippen molar-refractivity contribution in [2.24, 2.45) is 0 Å². The lowest BCUT2D eigenvalue weighted by atomic mass is 10.1. The largest absolute Gasteiger partial charge is 0.397 e. The molecule has 2 aromatic carbocycles. The van der Waals surface area contributed by atoms with E-state index in [-0.39, 0.29) is 0 Å². The smallest absolute Gasteiger partial charge is 0.0620 e. The van der Waals surface area contributed by atoms with Gasteiger partial charge in [-0.25, -0.2) is 0 Å². The molecule has 3 N–H and O–H groups in total. The van der Waals surface area contributed by atoms with Gasteiger partial charge in [0.1, 0.15) is 0 Å². The quantitative estimate of drug-likeness (QED) is 0.770. The summed E-state index contributed by atoms with van der Waals surface area (Å²) in [5, 5.41) is 3.40. The minimum Gasteiger partial charge on any atom is -0.397 e. The van der Waals surface area contributed by atoms with E-state index in [4.69, 9.17) is 5.73 Å². The summed E-state index contributed by atoms with van der Waals surface area (Å²) in [6, 6.07) is 10.5. The van der Waals surface area contributed by atoms with Gasteiger partial charge >= 0.3 is 0 Å². The first-order valence-corrected chi connectivity index (χ1v) is 6.18. The lowest BCUT2D eigenvalue weighted by molar-refractivity contribution is 1.33. The molecule has 2 aromatic rings. The van der Waals surface area contributed by atoms with Gasteiger partial charge in [-0.3, -0.25) is 0 Å². The van der Waals surface area contributed by atoms with Gasteiger partial charge in [0, 0.05) is 5.69 Å². The molecule has 0 aliphatic carbocycles. The molecule has 0 saturated carbocycles. The van der Waals surface area contributed by atoms with Crippen molar-refractivity contribution in [3.8, 4) is 0 Å². The maximum atomic E-state index is 6.05. The molecule has 0 spiro atoms. The van der Waals surface area contributed by atoms with Crippen molar-refractivity contribution >= 4 is 17.1 Å². The van der Waals surface area contributed by atoms with Crippen LogP contribution in [-0.4, -0.2) is 0 Å². The Morgan fingerprint density at radius 1 is 0.778 bits per heavy atom. The first-order valence-electron chi connectivity index (χ1n) is 6.18. The summed E-state index contributed by atoms with van der Waals surface area (Å²) < 4.78 is 0. The molecule has 0 unspecified atom stereocenters. The van der Waals surface area contributed by atoms with Crippen LogP contribution in [0.3, 0.4) is 0 Å². The van der Waals surface area contributed by atoms with Crippen LogP contribution in [0.25, 0.3) is 0 Å². The molecule has 94 valence electrons. The molecule has 0 bridgehead atoms. The molecule has 2 nitrogen and oxygen atoms in total. The topological polar surface area (TPSA) is 38.0 Å². The highest BCUT2D eigenvalue weighted by molar-refractivity contribution is 5.74. The predicted octanol–water partition coefficient (Wildman–Crippen LogP) is 4.25. The van der Waals surface area contributed by atoms with E-state index >= 15 is 0 Å². The van der Waals surface area contributed by atoms with Gasteiger partial charge in [-0.2, -0.15) is 0 Å². The Kier molecular flexibility index (Phi) is 3.28. The normalized spacial score (nSPS) is 10.4. The third-order valence-corrected chi connectivity index (χ3v) is 3.17. The highest BCUT2D eigenvalue weighted by Gasteiger charge is 2.03. The summed E-state index contributed by atoms with van der Waals surface area (Å²) in [4.78, 5) is 0. The number of hydrogen-bond acceptors (Lipinski definition) is 2. The van der Waals surface area contributed by atoms with Crippen LogP contribution in [0.4, 0.5) is 17.1 Å². The van der Waals surface area contributed by atoms with Gasteiger partial charge in [0.15, 0.2) is 0 Å². The van der Waals surface area contributed by atoms with Crippen LogP contribution in [0.15, 0.2) is 30.3 Å². The number of hydrogen-bond donors (Lipinski definition) is 2. The molecular weight excluding hydrogens is 220 g/mol. The molecule has 0 atom stereocenters. The minimum atomic E-state index is 0.789. The van der Waals surface area contributed by atoms with Crippen molar-refractivity contribution in [3.05, 3.63) is 52.6 Å². The van der Waals surface area contributed by atoms with Crippen molar-refractivity contribution in [2.45, 2.75) is 27.7 Å². The number of aryl methyl sites for hydroxylation is 4. The number of benzene rings is 2. The summed E-state index contributed by atoms with van der Waals surface area (Å²) in [5.41, 5.74) is 13.9. The maximum absolute atomic E-state index is 6.05. The molecule has 2 rings (SSSR count). The van der Waals surface area contributed by atoms with E-state index in [9.17, 15) is 0 Å². The minimum absolute atomic E-state index is 0.789. The number of nitrogens with one attached hydrogen (secondary N) is 1. The molecule has 0 fully saturated rings. The molecule has 0 radical (unpaired) electrons. The third-order valence-electron chi connectivity index (χ3n) is 3.17. The van der Waals surface area contributed by atoms with Crippen molar-refractivity contribution < 1.29 is 0 Å². The summed E-state index contributed by atoms with van der Waals surface area (Å²) in [7, 11) is 0. The molecule has 0 aliphatic rings. The highest BCUT2D eigenvalue weighted by Crippen LogP contribution is 2.27. The van der Waals surface area contributed by atoms with Crippen LogP contribution in [0.1, 0.15) is 22.3 Å². The van der Waals surface area contributed by atoms with Gasteiger partial charge in [-0.1, -0.05) is 6.07 Å². The molecule has 18 heavy (non-hydrogen) atoms. The van der Waals surface area contributed by atoms with Crippen LogP contribution in [-0.2, 0) is 0 Å². The Labute approximate surface area is 109 Å². The number of rotatable bonds is 2. The zero-order valence-electron chi connectivity index (χ0n) is 11.5. The summed E-state index contributed by atoms with van der Waals surface area (Å²) in [6.07, 6.45) is 0. The predicted molar refractivity (Wildman–Crippen MR) is 79.5 cm³/mol. The number of nitrogen functional groups attached to an aromatic ring is 1. The standard InChI is InChI=1S/C16H20N2/c1-10-5-11(2)7-14(6-10)18-16-9-13(4)12(3)8-15(16)17/h5-9,18H,17H2,1-4H3. The number of nitrogens with two attached hydrogens (primary N) is 1. The van der Waals surface area contributed by atoms with E-state index in [0.29, 0.717) is 0 Å². The van der Waals surface area contributed by atoms with Crippen molar-refractivity contribution in [2.75, 3.05) is 11.1 Å². The Morgan fingerprint density at radius 3 is 1.94 bits per heavy atom. The second-order valence-corrected chi connectivity index (χ2v) is 5.03. The van der Waals surface area contributed by atoms with Crippen LogP contribution < -0.4 is 11.1 Å². The summed E-state index contributed by atoms with van der Waals surface area (Å²) >= 11 is 0. The van der Waals surface area contributed by atoms with Gasteiger partial charge in [0.05, 0.1) is 11.4 Å². The first kappa shape index (κ1) is 12.5. The third kappa shape index (κ3) is 2.65. The zero-order chi connectivity index (χ0) is 13.3. The fourth-order valence-corrected chi connectivity index (χ4v) is 2.15. The molecule has 2 heteroatoms. The second kappa shape index (κ2) is 4.73. The zero-order valence-corrected chi connectivity index (χ0v) is 11.5. The SMILES string of the molecule is Cc1cc(C)cc(Nc2cc(C)c(C)cc2N)c1. The Bertz CT molecular complexity index is 566. The Balaban J connectivity index is 2.36. The second-order valence-electron chi connectivity index (χ2n) is 5.03. The average Bonchev–Trinajstić information content (AvgIpc) is 2.24. The molecule has 0 aliphatic heterocycles. The monoisotopic (exact) mass is 240 g/mol. The summed E-state index contributed by atoms with van der Waals surface area (Å²) in [5.74, 6) is 0. The molecule has 0 aromatic heterocycles. The molecule has 0 heterocycles. The molecular formula is C16H20N2. The van der Waals surface area contributed by atoms with E-state index in [1.165, 1.54) is 22.3 Å². The average molecular weight is 240 g/mol. The van der Waals surface area contributed by atoms with Gasteiger partial charge in [0.2, 0.25) is 0 Å². The van der Waals surface area contributed by atoms with Gasteiger partial charge < -0.3 is 11.1 Å². The highest BCUT2D eigenvalue weighted by atomic mass is 14.9. The first-order chi connectivity index (χ1) is 8.45. The maximum Gasteiger partial charge on any atom is 0.0620 e. The Morgan fingerprint density at radius 2 is 1.33 bits per heavy atom. The number of anilines is 3. The van der Waals surface area contributed by atoms with Gasteiger partial charge in [0.25, 0.3) is 0 Å². The van der Waals surface area contributed by atoms with Crippen LogP contribution in [0.5, 0.6) is 0 Å². The van der Waals surface area contributed by atoms with E-state index in [0.717, 1.165) is 17.1 Å². The van der Waals surface area contributed by atoms with Crippen molar-refractivity contribution in [3.63, 3.8) is 0 Å². The lowest BCUT2D eigenvalue weighted by Crippen LogP contribution is -1.99. The summed E-state index contributed by atoms with van der Waals surface area (Å²) in [6.45, 7) is 8.37.